The molecule has 102 valence electrons. The Balaban J connectivity index is 1.81. The lowest BCUT2D eigenvalue weighted by Crippen LogP contribution is -2.46. The SMILES string of the molecule is CC(=O)N1CCC(NC(=O)C2CC(F)(F)CN2)C1. The molecule has 0 aromatic carbocycles. The van der Waals surface area contributed by atoms with Crippen LogP contribution in [0, 0.1) is 0 Å². The minimum Gasteiger partial charge on any atom is -0.350 e. The highest BCUT2D eigenvalue weighted by atomic mass is 19.3. The highest BCUT2D eigenvalue weighted by Gasteiger charge is 2.42. The molecule has 0 aromatic heterocycles. The van der Waals surface area contributed by atoms with Crippen LogP contribution >= 0.6 is 0 Å². The van der Waals surface area contributed by atoms with E-state index in [4.69, 9.17) is 0 Å². The topological polar surface area (TPSA) is 61.4 Å². The number of rotatable bonds is 2. The number of nitrogens with one attached hydrogen (secondary N) is 2. The van der Waals surface area contributed by atoms with Crippen molar-refractivity contribution >= 4 is 11.8 Å². The fourth-order valence-electron chi connectivity index (χ4n) is 2.37. The van der Waals surface area contributed by atoms with Gasteiger partial charge < -0.3 is 10.2 Å². The zero-order chi connectivity index (χ0) is 13.3. The first kappa shape index (κ1) is 13.2. The summed E-state index contributed by atoms with van der Waals surface area (Å²) in [5.74, 6) is -3.23. The Morgan fingerprint density at radius 3 is 2.67 bits per heavy atom. The monoisotopic (exact) mass is 261 g/mol. The molecule has 2 atom stereocenters. The van der Waals surface area contributed by atoms with Crippen molar-refractivity contribution in [3.8, 4) is 0 Å². The van der Waals surface area contributed by atoms with Crippen molar-refractivity contribution in [2.45, 2.75) is 37.8 Å². The molecule has 18 heavy (non-hydrogen) atoms. The fraction of sp³-hybridized carbons (Fsp3) is 0.818. The molecule has 2 aliphatic heterocycles. The molecule has 2 aliphatic rings. The first-order valence-electron chi connectivity index (χ1n) is 6.04. The molecular weight excluding hydrogens is 244 g/mol. The van der Waals surface area contributed by atoms with Crippen LogP contribution in [-0.4, -0.2) is 54.4 Å². The number of nitrogens with zero attached hydrogens (tertiary/aromatic N) is 1. The van der Waals surface area contributed by atoms with E-state index in [1.165, 1.54) is 6.92 Å². The lowest BCUT2D eigenvalue weighted by molar-refractivity contribution is -0.128. The van der Waals surface area contributed by atoms with Gasteiger partial charge in [-0.1, -0.05) is 0 Å². The maximum atomic E-state index is 12.9. The third kappa shape index (κ3) is 2.95. The van der Waals surface area contributed by atoms with Gasteiger partial charge >= 0.3 is 0 Å². The number of hydrogen-bond donors (Lipinski definition) is 2. The van der Waals surface area contributed by atoms with Crippen molar-refractivity contribution in [3.63, 3.8) is 0 Å². The maximum Gasteiger partial charge on any atom is 0.262 e. The van der Waals surface area contributed by atoms with E-state index < -0.39 is 30.8 Å². The number of alkyl halides is 2. The number of carbonyl (C=O) groups excluding carboxylic acids is 2. The summed E-state index contributed by atoms with van der Waals surface area (Å²) in [5, 5.41) is 5.23. The first-order valence-corrected chi connectivity index (χ1v) is 6.04. The lowest BCUT2D eigenvalue weighted by Gasteiger charge is -2.17. The Kier molecular flexibility index (Phi) is 3.52. The minimum atomic E-state index is -2.80. The third-order valence-electron chi connectivity index (χ3n) is 3.41. The molecule has 0 radical (unpaired) electrons. The van der Waals surface area contributed by atoms with Gasteiger partial charge in [-0.25, -0.2) is 8.78 Å². The van der Waals surface area contributed by atoms with E-state index in [2.05, 4.69) is 10.6 Å². The highest BCUT2D eigenvalue weighted by Crippen LogP contribution is 2.25. The summed E-state index contributed by atoms with van der Waals surface area (Å²) in [5.41, 5.74) is 0. The van der Waals surface area contributed by atoms with Crippen molar-refractivity contribution in [2.24, 2.45) is 0 Å². The number of likely N-dealkylation sites (tertiary alicyclic amines) is 1. The largest absolute Gasteiger partial charge is 0.350 e. The van der Waals surface area contributed by atoms with Crippen molar-refractivity contribution in [3.05, 3.63) is 0 Å². The lowest BCUT2D eigenvalue weighted by atomic mass is 10.1. The zero-order valence-corrected chi connectivity index (χ0v) is 10.2. The van der Waals surface area contributed by atoms with Crippen LogP contribution in [-0.2, 0) is 9.59 Å². The van der Waals surface area contributed by atoms with E-state index in [-0.39, 0.29) is 11.9 Å². The molecule has 0 aromatic rings. The van der Waals surface area contributed by atoms with Crippen molar-refractivity contribution < 1.29 is 18.4 Å². The second-order valence-electron chi connectivity index (χ2n) is 4.95. The fourth-order valence-corrected chi connectivity index (χ4v) is 2.37. The predicted octanol–water partition coefficient (Wildman–Crippen LogP) is -0.279. The van der Waals surface area contributed by atoms with Gasteiger partial charge in [-0.15, -0.1) is 0 Å². The van der Waals surface area contributed by atoms with Crippen LogP contribution in [0.4, 0.5) is 8.78 Å². The van der Waals surface area contributed by atoms with Gasteiger partial charge in [0.25, 0.3) is 5.92 Å². The molecule has 0 aliphatic carbocycles. The Morgan fingerprint density at radius 2 is 2.17 bits per heavy atom. The Hall–Kier alpha value is -1.24. The van der Waals surface area contributed by atoms with E-state index in [0.717, 1.165) is 0 Å². The van der Waals surface area contributed by atoms with Crippen LogP contribution in [0.3, 0.4) is 0 Å². The second kappa shape index (κ2) is 4.79. The molecule has 2 fully saturated rings. The molecule has 2 N–H and O–H groups in total. The molecule has 5 nitrogen and oxygen atoms in total. The van der Waals surface area contributed by atoms with Gasteiger partial charge in [0.15, 0.2) is 0 Å². The number of amides is 2. The van der Waals surface area contributed by atoms with E-state index in [0.29, 0.717) is 19.5 Å². The van der Waals surface area contributed by atoms with Gasteiger partial charge in [0.05, 0.1) is 12.6 Å². The molecule has 2 rings (SSSR count). The van der Waals surface area contributed by atoms with Gasteiger partial charge in [-0.3, -0.25) is 14.9 Å². The summed E-state index contributed by atoms with van der Waals surface area (Å²) in [6, 6.07) is -0.955. The molecule has 2 heterocycles. The van der Waals surface area contributed by atoms with Crippen LogP contribution in [0.15, 0.2) is 0 Å². The minimum absolute atomic E-state index is 0.0303. The summed E-state index contributed by atoms with van der Waals surface area (Å²) < 4.78 is 25.9. The Bertz CT molecular complexity index is 362. The number of carbonyl (C=O) groups is 2. The first-order chi connectivity index (χ1) is 8.37. The maximum absolute atomic E-state index is 12.9. The molecule has 2 unspecified atom stereocenters. The van der Waals surface area contributed by atoms with E-state index in [9.17, 15) is 18.4 Å². The predicted molar refractivity (Wildman–Crippen MR) is 60.2 cm³/mol. The van der Waals surface area contributed by atoms with E-state index in [1.807, 2.05) is 0 Å². The summed E-state index contributed by atoms with van der Waals surface area (Å²) in [6.45, 7) is 2.09. The van der Waals surface area contributed by atoms with Crippen molar-refractivity contribution in [1.82, 2.24) is 15.5 Å². The second-order valence-corrected chi connectivity index (χ2v) is 4.95. The van der Waals surface area contributed by atoms with Crippen LogP contribution in [0.1, 0.15) is 19.8 Å². The molecule has 2 saturated heterocycles. The summed E-state index contributed by atoms with van der Waals surface area (Å²) in [7, 11) is 0. The number of hydrogen-bond acceptors (Lipinski definition) is 3. The third-order valence-corrected chi connectivity index (χ3v) is 3.41. The normalized spacial score (nSPS) is 30.5. The molecule has 0 spiro atoms. The molecule has 0 bridgehead atoms. The van der Waals surface area contributed by atoms with Crippen LogP contribution in [0.5, 0.6) is 0 Å². The zero-order valence-electron chi connectivity index (χ0n) is 10.2. The van der Waals surface area contributed by atoms with E-state index >= 15 is 0 Å². The van der Waals surface area contributed by atoms with Gasteiger partial charge in [0, 0.05) is 32.5 Å². The van der Waals surface area contributed by atoms with Crippen molar-refractivity contribution in [2.75, 3.05) is 19.6 Å². The molecule has 0 saturated carbocycles. The van der Waals surface area contributed by atoms with Gasteiger partial charge in [-0.05, 0) is 6.42 Å². The standard InChI is InChI=1S/C11H17F2N3O2/c1-7(17)16-3-2-8(5-16)15-10(18)9-4-11(12,13)6-14-9/h8-9,14H,2-6H2,1H3,(H,15,18). The van der Waals surface area contributed by atoms with Gasteiger partial charge in [0.1, 0.15) is 0 Å². The highest BCUT2D eigenvalue weighted by molar-refractivity contribution is 5.82. The van der Waals surface area contributed by atoms with Gasteiger partial charge in [0.2, 0.25) is 11.8 Å². The van der Waals surface area contributed by atoms with Crippen LogP contribution in [0.2, 0.25) is 0 Å². The van der Waals surface area contributed by atoms with E-state index in [1.54, 1.807) is 4.90 Å². The molecule has 7 heteroatoms. The average molecular weight is 261 g/mol. The Morgan fingerprint density at radius 1 is 1.44 bits per heavy atom. The van der Waals surface area contributed by atoms with Crippen LogP contribution < -0.4 is 10.6 Å². The average Bonchev–Trinajstić information content (AvgIpc) is 2.84. The molecule has 2 amide bonds. The summed E-state index contributed by atoms with van der Waals surface area (Å²) >= 11 is 0. The smallest absolute Gasteiger partial charge is 0.262 e. The summed E-state index contributed by atoms with van der Waals surface area (Å²) in [4.78, 5) is 24.5. The van der Waals surface area contributed by atoms with Crippen LogP contribution in [0.25, 0.3) is 0 Å². The van der Waals surface area contributed by atoms with Crippen molar-refractivity contribution in [1.29, 1.82) is 0 Å². The Labute approximate surface area is 104 Å². The number of halogens is 2. The molecular formula is C11H17F2N3O2. The summed E-state index contributed by atoms with van der Waals surface area (Å²) in [6.07, 6.45) is 0.219. The van der Waals surface area contributed by atoms with Gasteiger partial charge in [-0.2, -0.15) is 0 Å². The quantitative estimate of drug-likeness (QED) is 0.719.